The van der Waals surface area contributed by atoms with Gasteiger partial charge in [0, 0.05) is 5.92 Å². The Balaban J connectivity index is 1.73. The van der Waals surface area contributed by atoms with E-state index in [0.29, 0.717) is 5.00 Å². The van der Waals surface area contributed by atoms with Crippen LogP contribution in [0.2, 0.25) is 0 Å². The Morgan fingerprint density at radius 3 is 2.40 bits per heavy atom. The molecule has 102 valence electrons. The number of thiophene rings is 1. The number of aromatic carboxylic acids is 1. The maximum atomic E-state index is 12.3. The van der Waals surface area contributed by atoms with Crippen LogP contribution >= 0.6 is 11.3 Å². The molecule has 4 nitrogen and oxygen atoms in total. The second-order valence-electron chi connectivity index (χ2n) is 4.83. The van der Waals surface area contributed by atoms with Crippen LogP contribution in [0.1, 0.15) is 21.5 Å². The molecule has 1 heterocycles. The molecule has 20 heavy (non-hydrogen) atoms. The topological polar surface area (TPSA) is 66.4 Å². The molecule has 0 spiro atoms. The lowest BCUT2D eigenvalue weighted by molar-refractivity contribution is -0.119. The minimum atomic E-state index is -1.02. The summed E-state index contributed by atoms with van der Waals surface area (Å²) in [6.45, 7) is 0. The number of nitrogens with one attached hydrogen (secondary N) is 1. The van der Waals surface area contributed by atoms with Gasteiger partial charge >= 0.3 is 5.97 Å². The quantitative estimate of drug-likeness (QED) is 0.912. The highest BCUT2D eigenvalue weighted by molar-refractivity contribution is 7.14. The van der Waals surface area contributed by atoms with Crippen LogP contribution in [0.3, 0.4) is 0 Å². The van der Waals surface area contributed by atoms with Crippen LogP contribution in [0.4, 0.5) is 5.00 Å². The van der Waals surface area contributed by atoms with Crippen LogP contribution in [0.5, 0.6) is 0 Å². The summed E-state index contributed by atoms with van der Waals surface area (Å²) in [5.74, 6) is -1.24. The molecule has 0 aliphatic heterocycles. The summed E-state index contributed by atoms with van der Waals surface area (Å²) in [7, 11) is 0. The first-order valence-electron chi connectivity index (χ1n) is 6.33. The number of hydrogen-bond acceptors (Lipinski definition) is 3. The summed E-state index contributed by atoms with van der Waals surface area (Å²) >= 11 is 1.24. The predicted octanol–water partition coefficient (Wildman–Crippen LogP) is 2.80. The van der Waals surface area contributed by atoms with Gasteiger partial charge in [-0.05, 0) is 35.4 Å². The van der Waals surface area contributed by atoms with E-state index >= 15 is 0 Å². The van der Waals surface area contributed by atoms with Crippen molar-refractivity contribution in [2.75, 3.05) is 5.32 Å². The molecule has 0 atom stereocenters. The highest BCUT2D eigenvalue weighted by Gasteiger charge is 2.28. The first kappa shape index (κ1) is 12.9. The lowest BCUT2D eigenvalue weighted by Crippen LogP contribution is -2.23. The Morgan fingerprint density at radius 1 is 1.15 bits per heavy atom. The number of anilines is 1. The number of hydrogen-bond donors (Lipinski definition) is 2. The Morgan fingerprint density at radius 2 is 1.80 bits per heavy atom. The number of fused-ring (bicyclic) bond motifs is 1. The molecule has 1 aliphatic rings. The highest BCUT2D eigenvalue weighted by atomic mass is 32.1. The van der Waals surface area contributed by atoms with E-state index in [1.54, 1.807) is 5.38 Å². The summed E-state index contributed by atoms with van der Waals surface area (Å²) in [6, 6.07) is 9.53. The number of carboxylic acid groups (broad SMARTS) is 1. The molecule has 0 radical (unpaired) electrons. The summed E-state index contributed by atoms with van der Waals surface area (Å²) < 4.78 is 0. The highest BCUT2D eigenvalue weighted by Crippen LogP contribution is 2.29. The van der Waals surface area contributed by atoms with E-state index in [1.165, 1.54) is 28.5 Å². The smallest absolute Gasteiger partial charge is 0.338 e. The van der Waals surface area contributed by atoms with Gasteiger partial charge in [0.1, 0.15) is 5.00 Å². The molecule has 0 saturated heterocycles. The first-order valence-corrected chi connectivity index (χ1v) is 7.21. The van der Waals surface area contributed by atoms with E-state index < -0.39 is 5.97 Å². The maximum absolute atomic E-state index is 12.3. The molecule has 3 rings (SSSR count). The number of carboxylic acids is 1. The Kier molecular flexibility index (Phi) is 3.28. The average molecular weight is 287 g/mol. The molecule has 0 unspecified atom stereocenters. The SMILES string of the molecule is O=C(O)c1ccsc1NC(=O)C1Cc2ccccc2C1. The minimum absolute atomic E-state index is 0.105. The van der Waals surface area contributed by atoms with Gasteiger partial charge in [0.05, 0.1) is 5.56 Å². The van der Waals surface area contributed by atoms with Crippen LogP contribution in [0.25, 0.3) is 0 Å². The number of carbonyl (C=O) groups is 2. The Labute approximate surface area is 120 Å². The standard InChI is InChI=1S/C15H13NO3S/c17-13(16-14-12(15(18)19)5-6-20-14)11-7-9-3-1-2-4-10(9)8-11/h1-6,11H,7-8H2,(H,16,17)(H,18,19). The zero-order valence-electron chi connectivity index (χ0n) is 10.6. The van der Waals surface area contributed by atoms with Gasteiger partial charge in [0.2, 0.25) is 5.91 Å². The van der Waals surface area contributed by atoms with E-state index in [-0.39, 0.29) is 17.4 Å². The molecule has 5 heteroatoms. The summed E-state index contributed by atoms with van der Waals surface area (Å²) in [5.41, 5.74) is 2.56. The van der Waals surface area contributed by atoms with Crippen molar-refractivity contribution in [2.24, 2.45) is 5.92 Å². The summed E-state index contributed by atoms with van der Waals surface area (Å²) in [4.78, 5) is 23.3. The minimum Gasteiger partial charge on any atom is -0.478 e. The molecule has 1 aromatic heterocycles. The van der Waals surface area contributed by atoms with Crippen molar-refractivity contribution in [2.45, 2.75) is 12.8 Å². The average Bonchev–Trinajstić information content (AvgIpc) is 3.03. The molecule has 2 aromatic rings. The van der Waals surface area contributed by atoms with E-state index in [9.17, 15) is 9.59 Å². The molecule has 1 amide bonds. The van der Waals surface area contributed by atoms with Crippen molar-refractivity contribution >= 4 is 28.2 Å². The molecule has 1 aliphatic carbocycles. The van der Waals surface area contributed by atoms with Crippen molar-refractivity contribution in [1.29, 1.82) is 0 Å². The molecule has 0 fully saturated rings. The molecule has 0 bridgehead atoms. The second-order valence-corrected chi connectivity index (χ2v) is 5.75. The van der Waals surface area contributed by atoms with Crippen LogP contribution in [0.15, 0.2) is 35.7 Å². The first-order chi connectivity index (χ1) is 9.65. The van der Waals surface area contributed by atoms with Crippen molar-refractivity contribution in [3.8, 4) is 0 Å². The second kappa shape index (κ2) is 5.09. The Hall–Kier alpha value is -2.14. The van der Waals surface area contributed by atoms with Crippen LogP contribution < -0.4 is 5.32 Å². The van der Waals surface area contributed by atoms with Gasteiger partial charge in [-0.1, -0.05) is 24.3 Å². The van der Waals surface area contributed by atoms with Crippen LogP contribution in [-0.4, -0.2) is 17.0 Å². The zero-order chi connectivity index (χ0) is 14.1. The van der Waals surface area contributed by atoms with E-state index in [2.05, 4.69) is 5.32 Å². The van der Waals surface area contributed by atoms with Gasteiger partial charge in [-0.2, -0.15) is 0 Å². The van der Waals surface area contributed by atoms with Gasteiger partial charge in [-0.3, -0.25) is 4.79 Å². The van der Waals surface area contributed by atoms with Crippen molar-refractivity contribution in [3.05, 3.63) is 52.4 Å². The predicted molar refractivity (Wildman–Crippen MR) is 77.2 cm³/mol. The molecule has 0 saturated carbocycles. The van der Waals surface area contributed by atoms with Gasteiger partial charge in [-0.25, -0.2) is 4.79 Å². The van der Waals surface area contributed by atoms with Gasteiger partial charge in [-0.15, -0.1) is 11.3 Å². The van der Waals surface area contributed by atoms with Crippen molar-refractivity contribution < 1.29 is 14.7 Å². The molecule has 2 N–H and O–H groups in total. The van der Waals surface area contributed by atoms with Gasteiger partial charge in [0.15, 0.2) is 0 Å². The number of carbonyl (C=O) groups excluding carboxylic acids is 1. The monoisotopic (exact) mass is 287 g/mol. The maximum Gasteiger partial charge on any atom is 0.338 e. The van der Waals surface area contributed by atoms with E-state index in [0.717, 1.165) is 12.8 Å². The normalized spacial score (nSPS) is 14.0. The lowest BCUT2D eigenvalue weighted by atomic mass is 10.1. The van der Waals surface area contributed by atoms with Crippen molar-refractivity contribution in [1.82, 2.24) is 0 Å². The van der Waals surface area contributed by atoms with Gasteiger partial charge < -0.3 is 10.4 Å². The third kappa shape index (κ3) is 2.32. The summed E-state index contributed by atoms with van der Waals surface area (Å²) in [6.07, 6.45) is 1.44. The number of amides is 1. The summed E-state index contributed by atoms with van der Waals surface area (Å²) in [5, 5.41) is 13.9. The molecular weight excluding hydrogens is 274 g/mol. The fourth-order valence-corrected chi connectivity index (χ4v) is 3.31. The van der Waals surface area contributed by atoms with E-state index in [1.807, 2.05) is 24.3 Å². The third-order valence-electron chi connectivity index (χ3n) is 3.55. The fraction of sp³-hybridized carbons (Fsp3) is 0.200. The lowest BCUT2D eigenvalue weighted by Gasteiger charge is -2.09. The van der Waals surface area contributed by atoms with Gasteiger partial charge in [0.25, 0.3) is 0 Å². The van der Waals surface area contributed by atoms with E-state index in [4.69, 9.17) is 5.11 Å². The van der Waals surface area contributed by atoms with Crippen molar-refractivity contribution in [3.63, 3.8) is 0 Å². The van der Waals surface area contributed by atoms with Crippen LogP contribution in [-0.2, 0) is 17.6 Å². The number of benzene rings is 1. The van der Waals surface area contributed by atoms with Crippen LogP contribution in [0, 0.1) is 5.92 Å². The largest absolute Gasteiger partial charge is 0.478 e. The number of rotatable bonds is 3. The third-order valence-corrected chi connectivity index (χ3v) is 4.38. The fourth-order valence-electron chi connectivity index (χ4n) is 2.53. The molecular formula is C15H13NO3S. The zero-order valence-corrected chi connectivity index (χ0v) is 11.4. The Bertz CT molecular complexity index is 652. The molecule has 1 aromatic carbocycles.